The van der Waals surface area contributed by atoms with E-state index < -0.39 is 0 Å². The molecule has 2 rings (SSSR count). The molecule has 0 atom stereocenters. The molecular formula is C13H17NO2. The second kappa shape index (κ2) is 4.56. The molecule has 1 saturated heterocycles. The van der Waals surface area contributed by atoms with E-state index in [2.05, 4.69) is 4.90 Å². The molecule has 0 unspecified atom stereocenters. The number of nitrogens with zero attached hydrogens (tertiary/aromatic N) is 1. The van der Waals surface area contributed by atoms with Crippen LogP contribution in [0.5, 0.6) is 5.75 Å². The first-order valence-corrected chi connectivity index (χ1v) is 5.66. The van der Waals surface area contributed by atoms with Crippen LogP contribution < -0.4 is 9.64 Å². The van der Waals surface area contributed by atoms with E-state index in [-0.39, 0.29) is 5.78 Å². The minimum absolute atomic E-state index is 0.100. The fourth-order valence-corrected chi connectivity index (χ4v) is 2.11. The second-order valence-electron chi connectivity index (χ2n) is 4.14. The lowest BCUT2D eigenvalue weighted by Crippen LogP contribution is -2.18. The monoisotopic (exact) mass is 219 g/mol. The Morgan fingerprint density at radius 3 is 2.56 bits per heavy atom. The van der Waals surface area contributed by atoms with Gasteiger partial charge in [0.25, 0.3) is 0 Å². The number of ketones is 1. The van der Waals surface area contributed by atoms with Crippen LogP contribution in [0.3, 0.4) is 0 Å². The summed E-state index contributed by atoms with van der Waals surface area (Å²) in [6, 6.07) is 5.64. The molecule has 3 heteroatoms. The zero-order chi connectivity index (χ0) is 11.5. The number of methoxy groups -OCH3 is 1. The molecule has 16 heavy (non-hydrogen) atoms. The molecule has 1 fully saturated rings. The predicted molar refractivity (Wildman–Crippen MR) is 64.4 cm³/mol. The number of carbonyl (C=O) groups is 1. The molecule has 0 radical (unpaired) electrons. The topological polar surface area (TPSA) is 29.5 Å². The van der Waals surface area contributed by atoms with Gasteiger partial charge in [-0.3, -0.25) is 4.79 Å². The van der Waals surface area contributed by atoms with Crippen molar-refractivity contribution in [1.82, 2.24) is 0 Å². The van der Waals surface area contributed by atoms with Crippen molar-refractivity contribution in [1.29, 1.82) is 0 Å². The summed E-state index contributed by atoms with van der Waals surface area (Å²) >= 11 is 0. The fourth-order valence-electron chi connectivity index (χ4n) is 2.11. The maximum absolute atomic E-state index is 11.4. The molecule has 3 nitrogen and oxygen atoms in total. The molecule has 0 N–H and O–H groups in total. The van der Waals surface area contributed by atoms with E-state index in [0.717, 1.165) is 30.1 Å². The fraction of sp³-hybridized carbons (Fsp3) is 0.462. The minimum Gasteiger partial charge on any atom is -0.495 e. The maximum Gasteiger partial charge on any atom is 0.159 e. The summed E-state index contributed by atoms with van der Waals surface area (Å²) in [5.74, 6) is 0.954. The van der Waals surface area contributed by atoms with E-state index >= 15 is 0 Å². The van der Waals surface area contributed by atoms with Crippen LogP contribution in [0.25, 0.3) is 0 Å². The van der Waals surface area contributed by atoms with Crippen molar-refractivity contribution in [2.75, 3.05) is 25.1 Å². The number of benzene rings is 1. The molecule has 0 aliphatic carbocycles. The Hall–Kier alpha value is -1.51. The normalized spacial score (nSPS) is 15.2. The van der Waals surface area contributed by atoms with Crippen molar-refractivity contribution in [3.63, 3.8) is 0 Å². The molecular weight excluding hydrogens is 202 g/mol. The van der Waals surface area contributed by atoms with E-state index in [9.17, 15) is 4.79 Å². The van der Waals surface area contributed by atoms with Gasteiger partial charge in [0.15, 0.2) is 5.78 Å². The molecule has 1 aromatic rings. The third-order valence-electron chi connectivity index (χ3n) is 3.03. The van der Waals surface area contributed by atoms with Gasteiger partial charge in [0, 0.05) is 18.7 Å². The predicted octanol–water partition coefficient (Wildman–Crippen LogP) is 2.50. The Labute approximate surface area is 96.0 Å². The molecule has 0 amide bonds. The van der Waals surface area contributed by atoms with Crippen LogP contribution in [0.15, 0.2) is 18.2 Å². The van der Waals surface area contributed by atoms with Crippen molar-refractivity contribution in [2.45, 2.75) is 19.8 Å². The third-order valence-corrected chi connectivity index (χ3v) is 3.03. The highest BCUT2D eigenvalue weighted by molar-refractivity contribution is 5.95. The number of hydrogen-bond acceptors (Lipinski definition) is 3. The Morgan fingerprint density at radius 2 is 2.00 bits per heavy atom. The highest BCUT2D eigenvalue weighted by Crippen LogP contribution is 2.31. The smallest absolute Gasteiger partial charge is 0.159 e. The molecule has 0 bridgehead atoms. The van der Waals surface area contributed by atoms with E-state index in [4.69, 9.17) is 4.74 Å². The SMILES string of the molecule is COc1ccc(C(C)=O)cc1N1CCCC1. The zero-order valence-corrected chi connectivity index (χ0v) is 9.82. The molecule has 0 saturated carbocycles. The standard InChI is InChI=1S/C13H17NO2/c1-10(15)11-5-6-13(16-2)12(9-11)14-7-3-4-8-14/h5-6,9H,3-4,7-8H2,1-2H3. The summed E-state index contributed by atoms with van der Waals surface area (Å²) in [5, 5.41) is 0. The second-order valence-corrected chi connectivity index (χ2v) is 4.14. The quantitative estimate of drug-likeness (QED) is 0.731. The van der Waals surface area contributed by atoms with Crippen LogP contribution in [-0.4, -0.2) is 26.0 Å². The Bertz CT molecular complexity index is 395. The number of rotatable bonds is 3. The Kier molecular flexibility index (Phi) is 3.13. The molecule has 1 aliphatic heterocycles. The largest absolute Gasteiger partial charge is 0.495 e. The van der Waals surface area contributed by atoms with Crippen LogP contribution in [0.2, 0.25) is 0 Å². The van der Waals surface area contributed by atoms with Gasteiger partial charge in [0.2, 0.25) is 0 Å². The van der Waals surface area contributed by atoms with Crippen LogP contribution in [-0.2, 0) is 0 Å². The van der Waals surface area contributed by atoms with Gasteiger partial charge in [0.05, 0.1) is 12.8 Å². The Balaban J connectivity index is 2.38. The summed E-state index contributed by atoms with van der Waals surface area (Å²) < 4.78 is 5.34. The van der Waals surface area contributed by atoms with Gasteiger partial charge < -0.3 is 9.64 Å². The van der Waals surface area contributed by atoms with E-state index in [0.29, 0.717) is 0 Å². The van der Waals surface area contributed by atoms with Crippen LogP contribution in [0, 0.1) is 0 Å². The van der Waals surface area contributed by atoms with Gasteiger partial charge in [0.1, 0.15) is 5.75 Å². The molecule has 1 aliphatic rings. The highest BCUT2D eigenvalue weighted by atomic mass is 16.5. The van der Waals surface area contributed by atoms with Crippen molar-refractivity contribution < 1.29 is 9.53 Å². The lowest BCUT2D eigenvalue weighted by Gasteiger charge is -2.21. The van der Waals surface area contributed by atoms with Gasteiger partial charge in [-0.1, -0.05) is 0 Å². The first-order valence-electron chi connectivity index (χ1n) is 5.66. The summed E-state index contributed by atoms with van der Waals surface area (Å²) in [5.41, 5.74) is 1.80. The van der Waals surface area contributed by atoms with Crippen LogP contribution in [0.4, 0.5) is 5.69 Å². The summed E-state index contributed by atoms with van der Waals surface area (Å²) in [6.45, 7) is 3.70. The van der Waals surface area contributed by atoms with Crippen molar-refractivity contribution in [2.24, 2.45) is 0 Å². The maximum atomic E-state index is 11.4. The lowest BCUT2D eigenvalue weighted by atomic mass is 10.1. The number of ether oxygens (including phenoxy) is 1. The van der Waals surface area contributed by atoms with Crippen LogP contribution >= 0.6 is 0 Å². The van der Waals surface area contributed by atoms with Crippen molar-refractivity contribution in [3.05, 3.63) is 23.8 Å². The van der Waals surface area contributed by atoms with Crippen molar-refractivity contribution >= 4 is 11.5 Å². The minimum atomic E-state index is 0.100. The summed E-state index contributed by atoms with van der Waals surface area (Å²) in [7, 11) is 1.67. The average Bonchev–Trinajstić information content (AvgIpc) is 2.81. The van der Waals surface area contributed by atoms with Gasteiger partial charge in [-0.25, -0.2) is 0 Å². The molecule has 1 heterocycles. The van der Waals surface area contributed by atoms with Gasteiger partial charge in [-0.15, -0.1) is 0 Å². The summed E-state index contributed by atoms with van der Waals surface area (Å²) in [6.07, 6.45) is 2.43. The molecule has 1 aromatic carbocycles. The number of Topliss-reactive ketones (excluding diaryl/α,β-unsaturated/α-hetero) is 1. The lowest BCUT2D eigenvalue weighted by molar-refractivity contribution is 0.101. The number of anilines is 1. The van der Waals surface area contributed by atoms with E-state index in [1.165, 1.54) is 12.8 Å². The van der Waals surface area contributed by atoms with E-state index in [1.54, 1.807) is 14.0 Å². The first-order chi connectivity index (χ1) is 7.72. The molecule has 86 valence electrons. The molecule has 0 aromatic heterocycles. The number of carbonyl (C=O) groups excluding carboxylic acids is 1. The summed E-state index contributed by atoms with van der Waals surface area (Å²) in [4.78, 5) is 13.6. The van der Waals surface area contributed by atoms with Gasteiger partial charge >= 0.3 is 0 Å². The van der Waals surface area contributed by atoms with E-state index in [1.807, 2.05) is 18.2 Å². The zero-order valence-electron chi connectivity index (χ0n) is 9.82. The number of hydrogen-bond donors (Lipinski definition) is 0. The Morgan fingerprint density at radius 1 is 1.31 bits per heavy atom. The average molecular weight is 219 g/mol. The van der Waals surface area contributed by atoms with Gasteiger partial charge in [-0.05, 0) is 38.0 Å². The molecule has 0 spiro atoms. The van der Waals surface area contributed by atoms with Gasteiger partial charge in [-0.2, -0.15) is 0 Å². The third kappa shape index (κ3) is 2.03. The van der Waals surface area contributed by atoms with Crippen LogP contribution in [0.1, 0.15) is 30.1 Å². The first kappa shape index (κ1) is 11.0. The van der Waals surface area contributed by atoms with Crippen molar-refractivity contribution in [3.8, 4) is 5.75 Å². The highest BCUT2D eigenvalue weighted by Gasteiger charge is 2.17.